The first-order chi connectivity index (χ1) is 10.7. The molecule has 0 aromatic heterocycles. The van der Waals surface area contributed by atoms with E-state index in [1.54, 1.807) is 0 Å². The smallest absolute Gasteiger partial charge is 0.194 e. The van der Waals surface area contributed by atoms with Crippen molar-refractivity contribution >= 4 is 44.3 Å². The van der Waals surface area contributed by atoms with Crippen molar-refractivity contribution in [2.75, 3.05) is 0 Å². The maximum atomic E-state index is 11.9. The number of halogens is 2. The molecule has 0 saturated heterocycles. The molecule has 3 aromatic carbocycles. The lowest BCUT2D eigenvalue weighted by atomic mass is 10.1. The summed E-state index contributed by atoms with van der Waals surface area (Å²) in [5.74, 6) is 0.149. The molecule has 1 aliphatic rings. The van der Waals surface area contributed by atoms with Gasteiger partial charge in [0.25, 0.3) is 0 Å². The molecule has 3 heteroatoms. The lowest BCUT2D eigenvalue weighted by Gasteiger charge is -1.96. The predicted molar refractivity (Wildman–Crippen MR) is 102 cm³/mol. The summed E-state index contributed by atoms with van der Waals surface area (Å²) in [5.41, 5.74) is 3.78. The van der Waals surface area contributed by atoms with Crippen molar-refractivity contribution in [1.82, 2.24) is 0 Å². The lowest BCUT2D eigenvalue weighted by molar-refractivity contribution is 0.104. The molecule has 0 unspecified atom stereocenters. The minimum atomic E-state index is 0.149. The summed E-state index contributed by atoms with van der Waals surface area (Å²) in [6, 6.07) is 23.7. The van der Waals surface area contributed by atoms with Crippen molar-refractivity contribution in [2.24, 2.45) is 0 Å². The first kappa shape index (κ1) is 15.4. The molecule has 0 heterocycles. The van der Waals surface area contributed by atoms with Gasteiger partial charge in [0, 0.05) is 19.2 Å². The molecule has 0 fully saturated rings. The summed E-state index contributed by atoms with van der Waals surface area (Å²) in [7, 11) is 0. The second kappa shape index (κ2) is 6.75. The van der Waals surface area contributed by atoms with Gasteiger partial charge in [0.15, 0.2) is 5.78 Å². The number of ketones is 1. The molecule has 0 aliphatic heterocycles. The van der Waals surface area contributed by atoms with E-state index in [0.29, 0.717) is 0 Å². The second-order valence-corrected chi connectivity index (χ2v) is 7.02. The van der Waals surface area contributed by atoms with E-state index in [0.717, 1.165) is 26.7 Å². The van der Waals surface area contributed by atoms with Crippen LogP contribution in [0.15, 0.2) is 77.3 Å². The van der Waals surface area contributed by atoms with Gasteiger partial charge in [-0.15, -0.1) is 0 Å². The van der Waals surface area contributed by atoms with E-state index < -0.39 is 0 Å². The zero-order chi connectivity index (χ0) is 15.5. The standard InChI is InChI=1S/C13H8O.C6H4BrI/c14-13-11-7-3-1-5-9(11)10-6-2-4-8-12(10)13;7-5-1-3-6(8)4-2-5/h1-8H;1-4H. The highest BCUT2D eigenvalue weighted by Gasteiger charge is 2.24. The van der Waals surface area contributed by atoms with Crippen LogP contribution in [-0.4, -0.2) is 5.78 Å². The molecule has 3 aromatic rings. The van der Waals surface area contributed by atoms with E-state index >= 15 is 0 Å². The Morgan fingerprint density at radius 1 is 0.636 bits per heavy atom. The Morgan fingerprint density at radius 3 is 1.45 bits per heavy atom. The molecule has 0 saturated carbocycles. The Bertz CT molecular complexity index is 756. The Labute approximate surface area is 151 Å². The fraction of sp³-hybridized carbons (Fsp3) is 0. The summed E-state index contributed by atoms with van der Waals surface area (Å²) in [4.78, 5) is 11.9. The SMILES string of the molecule is Brc1ccc(I)cc1.O=C1c2ccccc2-c2ccccc21. The predicted octanol–water partition coefficient (Wildman–Crippen LogP) is 5.95. The molecule has 1 nitrogen and oxygen atoms in total. The number of fused-ring (bicyclic) bond motifs is 3. The summed E-state index contributed by atoms with van der Waals surface area (Å²) in [5, 5.41) is 0. The highest BCUT2D eigenvalue weighted by molar-refractivity contribution is 14.1. The molecule has 108 valence electrons. The van der Waals surface area contributed by atoms with Gasteiger partial charge in [-0.05, 0) is 58.0 Å². The van der Waals surface area contributed by atoms with Crippen LogP contribution in [0, 0.1) is 3.57 Å². The van der Waals surface area contributed by atoms with Gasteiger partial charge in [-0.1, -0.05) is 64.5 Å². The monoisotopic (exact) mass is 462 g/mol. The number of rotatable bonds is 0. The summed E-state index contributed by atoms with van der Waals surface area (Å²) < 4.78 is 2.41. The zero-order valence-corrected chi connectivity index (χ0v) is 15.3. The first-order valence-electron chi connectivity index (χ1n) is 6.81. The van der Waals surface area contributed by atoms with Crippen LogP contribution in [-0.2, 0) is 0 Å². The van der Waals surface area contributed by atoms with Gasteiger partial charge >= 0.3 is 0 Å². The van der Waals surface area contributed by atoms with Crippen LogP contribution in [0.2, 0.25) is 0 Å². The molecule has 1 aliphatic carbocycles. The van der Waals surface area contributed by atoms with E-state index in [9.17, 15) is 4.79 Å². The normalized spacial score (nSPS) is 11.3. The molecular formula is C19H12BrIO. The van der Waals surface area contributed by atoms with Crippen molar-refractivity contribution in [3.05, 3.63) is 92.0 Å². The van der Waals surface area contributed by atoms with Crippen LogP contribution >= 0.6 is 38.5 Å². The topological polar surface area (TPSA) is 17.1 Å². The van der Waals surface area contributed by atoms with Crippen LogP contribution in [0.1, 0.15) is 15.9 Å². The summed E-state index contributed by atoms with van der Waals surface area (Å²) in [6.07, 6.45) is 0. The van der Waals surface area contributed by atoms with Gasteiger partial charge in [-0.25, -0.2) is 0 Å². The zero-order valence-electron chi connectivity index (χ0n) is 11.6. The molecule has 0 N–H and O–H groups in total. The van der Waals surface area contributed by atoms with Crippen molar-refractivity contribution in [1.29, 1.82) is 0 Å². The number of hydrogen-bond donors (Lipinski definition) is 0. The van der Waals surface area contributed by atoms with Crippen LogP contribution in [0.4, 0.5) is 0 Å². The van der Waals surface area contributed by atoms with Crippen molar-refractivity contribution < 1.29 is 4.79 Å². The summed E-state index contributed by atoms with van der Waals surface area (Å²) >= 11 is 5.62. The third-order valence-electron chi connectivity index (χ3n) is 3.44. The molecule has 0 radical (unpaired) electrons. The average Bonchev–Trinajstić information content (AvgIpc) is 2.85. The fourth-order valence-corrected chi connectivity index (χ4v) is 3.03. The van der Waals surface area contributed by atoms with Gasteiger partial charge in [-0.3, -0.25) is 4.79 Å². The van der Waals surface area contributed by atoms with E-state index in [1.165, 1.54) is 3.57 Å². The highest BCUT2D eigenvalue weighted by atomic mass is 127. The van der Waals surface area contributed by atoms with Crippen molar-refractivity contribution in [3.8, 4) is 11.1 Å². The molecule has 22 heavy (non-hydrogen) atoms. The lowest BCUT2D eigenvalue weighted by Crippen LogP contribution is -1.93. The molecule has 0 atom stereocenters. The Morgan fingerprint density at radius 2 is 1.05 bits per heavy atom. The third kappa shape index (κ3) is 3.15. The van der Waals surface area contributed by atoms with E-state index in [-0.39, 0.29) is 5.78 Å². The van der Waals surface area contributed by atoms with Gasteiger partial charge in [0.2, 0.25) is 0 Å². The van der Waals surface area contributed by atoms with E-state index in [4.69, 9.17) is 0 Å². The minimum Gasteiger partial charge on any atom is -0.289 e. The van der Waals surface area contributed by atoms with Crippen molar-refractivity contribution in [2.45, 2.75) is 0 Å². The maximum absolute atomic E-state index is 11.9. The largest absolute Gasteiger partial charge is 0.289 e. The molecule has 0 spiro atoms. The van der Waals surface area contributed by atoms with E-state index in [2.05, 4.69) is 50.7 Å². The molecule has 0 amide bonds. The van der Waals surface area contributed by atoms with Crippen LogP contribution in [0.3, 0.4) is 0 Å². The van der Waals surface area contributed by atoms with Gasteiger partial charge in [0.05, 0.1) is 0 Å². The number of hydrogen-bond acceptors (Lipinski definition) is 1. The molecule has 0 bridgehead atoms. The van der Waals surface area contributed by atoms with Crippen LogP contribution in [0.5, 0.6) is 0 Å². The first-order valence-corrected chi connectivity index (χ1v) is 8.68. The van der Waals surface area contributed by atoms with E-state index in [1.807, 2.05) is 60.7 Å². The minimum absolute atomic E-state index is 0.149. The van der Waals surface area contributed by atoms with Gasteiger partial charge in [0.1, 0.15) is 0 Å². The second-order valence-electron chi connectivity index (χ2n) is 4.86. The number of benzene rings is 3. The van der Waals surface area contributed by atoms with Crippen LogP contribution in [0.25, 0.3) is 11.1 Å². The van der Waals surface area contributed by atoms with Crippen LogP contribution < -0.4 is 0 Å². The molecule has 4 rings (SSSR count). The average molecular weight is 463 g/mol. The Hall–Kier alpha value is -1.46. The number of carbonyl (C=O) groups excluding carboxylic acids is 1. The Kier molecular flexibility index (Phi) is 4.74. The Balaban J connectivity index is 0.000000154. The fourth-order valence-electron chi connectivity index (χ4n) is 2.41. The van der Waals surface area contributed by atoms with Crippen molar-refractivity contribution in [3.63, 3.8) is 0 Å². The molecular weight excluding hydrogens is 451 g/mol. The summed E-state index contributed by atoms with van der Waals surface area (Å²) in [6.45, 7) is 0. The maximum Gasteiger partial charge on any atom is 0.194 e. The quantitative estimate of drug-likeness (QED) is 0.295. The third-order valence-corrected chi connectivity index (χ3v) is 4.68. The van der Waals surface area contributed by atoms with Gasteiger partial charge in [-0.2, -0.15) is 0 Å². The highest BCUT2D eigenvalue weighted by Crippen LogP contribution is 2.35. The number of carbonyl (C=O) groups is 1. The van der Waals surface area contributed by atoms with Gasteiger partial charge < -0.3 is 0 Å².